The van der Waals surface area contributed by atoms with E-state index in [0.29, 0.717) is 5.82 Å². The van der Waals surface area contributed by atoms with Crippen LogP contribution < -0.4 is 15.4 Å². The van der Waals surface area contributed by atoms with Crippen molar-refractivity contribution in [3.05, 3.63) is 41.6 Å². The number of aromatic nitrogens is 2. The van der Waals surface area contributed by atoms with Crippen molar-refractivity contribution in [3.8, 4) is 5.75 Å². The second-order valence-corrected chi connectivity index (χ2v) is 7.62. The number of amides is 2. The fourth-order valence-electron chi connectivity index (χ4n) is 3.48. The molecule has 1 heterocycles. The molecule has 0 aliphatic heterocycles. The fourth-order valence-corrected chi connectivity index (χ4v) is 3.48. The van der Waals surface area contributed by atoms with Gasteiger partial charge in [-0.25, -0.2) is 4.79 Å². The molecule has 2 aromatic rings. The molecule has 0 bridgehead atoms. The molecule has 0 radical (unpaired) electrons. The molecule has 1 aromatic carbocycles. The first-order valence-corrected chi connectivity index (χ1v) is 9.88. The molecule has 0 saturated heterocycles. The van der Waals surface area contributed by atoms with E-state index >= 15 is 0 Å². The Kier molecular flexibility index (Phi) is 6.74. The molecule has 1 fully saturated rings. The van der Waals surface area contributed by atoms with Crippen molar-refractivity contribution in [2.45, 2.75) is 57.6 Å². The minimum absolute atomic E-state index is 0.0522. The standard InChI is InChI=1S/C21H28N4O4/c1-13(2)22-21(27)29-17-9-6-15(11-17)18-12-19(25-24-18)23-20(26)10-14-4-7-16(28-3)8-5-14/h4-5,7-8,12-13,15,17H,6,9-11H2,1-3H3,(H,22,27)(H2,23,24,25,26)/t15-,17?/m0/s1. The highest BCUT2D eigenvalue weighted by Gasteiger charge is 2.30. The summed E-state index contributed by atoms with van der Waals surface area (Å²) in [5.41, 5.74) is 1.84. The predicted molar refractivity (Wildman–Crippen MR) is 109 cm³/mol. The summed E-state index contributed by atoms with van der Waals surface area (Å²) in [6.07, 6.45) is 2.25. The third kappa shape index (κ3) is 5.97. The van der Waals surface area contributed by atoms with Crippen molar-refractivity contribution in [3.63, 3.8) is 0 Å². The van der Waals surface area contributed by atoms with Gasteiger partial charge < -0.3 is 20.1 Å². The topological polar surface area (TPSA) is 105 Å². The van der Waals surface area contributed by atoms with Gasteiger partial charge in [0.05, 0.1) is 13.5 Å². The number of anilines is 1. The SMILES string of the molecule is COc1ccc(CC(=O)Nc2cc([C@H]3CCC(OC(=O)NC(C)C)C3)[nH]n2)cc1. The number of methoxy groups -OCH3 is 1. The molecule has 8 nitrogen and oxygen atoms in total. The first kappa shape index (κ1) is 20.7. The Hall–Kier alpha value is -3.03. The van der Waals surface area contributed by atoms with Crippen LogP contribution in [0.15, 0.2) is 30.3 Å². The van der Waals surface area contributed by atoms with Crippen LogP contribution in [0.4, 0.5) is 10.6 Å². The van der Waals surface area contributed by atoms with Gasteiger partial charge in [0.15, 0.2) is 5.82 Å². The Labute approximate surface area is 170 Å². The monoisotopic (exact) mass is 400 g/mol. The third-order valence-corrected chi connectivity index (χ3v) is 4.89. The highest BCUT2D eigenvalue weighted by molar-refractivity contribution is 5.91. The molecule has 29 heavy (non-hydrogen) atoms. The van der Waals surface area contributed by atoms with Crippen LogP contribution >= 0.6 is 0 Å². The largest absolute Gasteiger partial charge is 0.497 e. The minimum atomic E-state index is -0.373. The molecule has 8 heteroatoms. The van der Waals surface area contributed by atoms with Crippen molar-refractivity contribution >= 4 is 17.8 Å². The quantitative estimate of drug-likeness (QED) is 0.661. The second kappa shape index (κ2) is 9.45. The van der Waals surface area contributed by atoms with E-state index in [1.165, 1.54) is 0 Å². The summed E-state index contributed by atoms with van der Waals surface area (Å²) in [5.74, 6) is 1.35. The van der Waals surface area contributed by atoms with Crippen LogP contribution in [0.1, 0.15) is 50.3 Å². The Morgan fingerprint density at radius 2 is 2.00 bits per heavy atom. The zero-order chi connectivity index (χ0) is 20.8. The Balaban J connectivity index is 1.49. The average Bonchev–Trinajstić information content (AvgIpc) is 3.31. The highest BCUT2D eigenvalue weighted by Crippen LogP contribution is 2.35. The van der Waals surface area contributed by atoms with Gasteiger partial charge in [-0.2, -0.15) is 5.10 Å². The Morgan fingerprint density at radius 3 is 2.69 bits per heavy atom. The van der Waals surface area contributed by atoms with Crippen LogP contribution in [0.5, 0.6) is 5.75 Å². The molecular weight excluding hydrogens is 372 g/mol. The summed E-state index contributed by atoms with van der Waals surface area (Å²) in [7, 11) is 1.61. The summed E-state index contributed by atoms with van der Waals surface area (Å²) >= 11 is 0. The summed E-state index contributed by atoms with van der Waals surface area (Å²) in [4.78, 5) is 24.0. The normalized spacial score (nSPS) is 18.5. The molecule has 0 spiro atoms. The van der Waals surface area contributed by atoms with Crippen LogP contribution in [0.25, 0.3) is 0 Å². The number of aromatic amines is 1. The van der Waals surface area contributed by atoms with Crippen molar-refractivity contribution in [1.82, 2.24) is 15.5 Å². The number of hydrogen-bond acceptors (Lipinski definition) is 5. The number of carbonyl (C=O) groups is 2. The van der Waals surface area contributed by atoms with Crippen molar-refractivity contribution in [1.29, 1.82) is 0 Å². The number of nitrogens with one attached hydrogen (secondary N) is 3. The van der Waals surface area contributed by atoms with E-state index in [4.69, 9.17) is 9.47 Å². The minimum Gasteiger partial charge on any atom is -0.497 e. The molecule has 1 aliphatic carbocycles. The van der Waals surface area contributed by atoms with Gasteiger partial charge >= 0.3 is 6.09 Å². The van der Waals surface area contributed by atoms with Gasteiger partial charge in [0, 0.05) is 23.7 Å². The van der Waals surface area contributed by atoms with Crippen LogP contribution in [-0.2, 0) is 16.0 Å². The van der Waals surface area contributed by atoms with Gasteiger partial charge in [-0.05, 0) is 50.8 Å². The summed E-state index contributed by atoms with van der Waals surface area (Å²) in [5, 5.41) is 12.8. The maximum atomic E-state index is 12.3. The van der Waals surface area contributed by atoms with E-state index in [9.17, 15) is 9.59 Å². The number of nitrogens with zero attached hydrogens (tertiary/aromatic N) is 1. The maximum absolute atomic E-state index is 12.3. The van der Waals surface area contributed by atoms with Crippen molar-refractivity contribution in [2.24, 2.45) is 0 Å². The molecule has 2 atom stereocenters. The lowest BCUT2D eigenvalue weighted by Gasteiger charge is -2.14. The van der Waals surface area contributed by atoms with Crippen LogP contribution in [0.3, 0.4) is 0 Å². The summed E-state index contributed by atoms with van der Waals surface area (Å²) in [6, 6.07) is 9.29. The van der Waals surface area contributed by atoms with E-state index in [-0.39, 0.29) is 36.5 Å². The lowest BCUT2D eigenvalue weighted by atomic mass is 10.0. The predicted octanol–water partition coefficient (Wildman–Crippen LogP) is 3.37. The smallest absolute Gasteiger partial charge is 0.407 e. The number of alkyl carbamates (subject to hydrolysis) is 1. The molecule has 2 amide bonds. The van der Waals surface area contributed by atoms with Gasteiger partial charge in [0.25, 0.3) is 0 Å². The number of ether oxygens (including phenoxy) is 2. The zero-order valence-electron chi connectivity index (χ0n) is 17.0. The number of carbonyl (C=O) groups excluding carboxylic acids is 2. The first-order chi connectivity index (χ1) is 13.9. The summed E-state index contributed by atoms with van der Waals surface area (Å²) in [6.45, 7) is 3.79. The van der Waals surface area contributed by atoms with Gasteiger partial charge in [0.1, 0.15) is 11.9 Å². The summed E-state index contributed by atoms with van der Waals surface area (Å²) < 4.78 is 10.6. The lowest BCUT2D eigenvalue weighted by Crippen LogP contribution is -2.33. The molecule has 1 unspecified atom stereocenters. The van der Waals surface area contributed by atoms with Gasteiger partial charge in [-0.3, -0.25) is 9.89 Å². The molecule has 156 valence electrons. The fraction of sp³-hybridized carbons (Fsp3) is 0.476. The number of benzene rings is 1. The van der Waals surface area contributed by atoms with E-state index in [0.717, 1.165) is 36.3 Å². The molecule has 3 N–H and O–H groups in total. The van der Waals surface area contributed by atoms with Crippen molar-refractivity contribution in [2.75, 3.05) is 12.4 Å². The van der Waals surface area contributed by atoms with Crippen molar-refractivity contribution < 1.29 is 19.1 Å². The molecule has 1 aliphatic rings. The lowest BCUT2D eigenvalue weighted by molar-refractivity contribution is -0.115. The first-order valence-electron chi connectivity index (χ1n) is 9.88. The Morgan fingerprint density at radius 1 is 1.24 bits per heavy atom. The van der Waals surface area contributed by atoms with E-state index in [2.05, 4.69) is 20.8 Å². The van der Waals surface area contributed by atoms with Gasteiger partial charge in [0.2, 0.25) is 5.91 Å². The van der Waals surface area contributed by atoms with E-state index in [1.807, 2.05) is 44.2 Å². The second-order valence-electron chi connectivity index (χ2n) is 7.62. The van der Waals surface area contributed by atoms with Crippen LogP contribution in [0.2, 0.25) is 0 Å². The molecule has 3 rings (SSSR count). The van der Waals surface area contributed by atoms with E-state index < -0.39 is 0 Å². The maximum Gasteiger partial charge on any atom is 0.407 e. The molecule has 1 aromatic heterocycles. The number of H-pyrrole nitrogens is 1. The van der Waals surface area contributed by atoms with Crippen LogP contribution in [0, 0.1) is 0 Å². The zero-order valence-corrected chi connectivity index (χ0v) is 17.0. The van der Waals surface area contributed by atoms with E-state index in [1.54, 1.807) is 7.11 Å². The van der Waals surface area contributed by atoms with Gasteiger partial charge in [-0.1, -0.05) is 12.1 Å². The Bertz CT molecular complexity index is 831. The third-order valence-electron chi connectivity index (χ3n) is 4.89. The number of rotatable bonds is 7. The highest BCUT2D eigenvalue weighted by atomic mass is 16.6. The molecular formula is C21H28N4O4. The average molecular weight is 400 g/mol. The number of hydrogen-bond donors (Lipinski definition) is 3. The molecule has 1 saturated carbocycles. The van der Waals surface area contributed by atoms with Gasteiger partial charge in [-0.15, -0.1) is 0 Å². The van der Waals surface area contributed by atoms with Crippen LogP contribution in [-0.4, -0.2) is 41.5 Å².